The van der Waals surface area contributed by atoms with Gasteiger partial charge in [-0.15, -0.1) is 0 Å². The van der Waals surface area contributed by atoms with Gasteiger partial charge in [0.25, 0.3) is 5.91 Å². The van der Waals surface area contributed by atoms with E-state index in [1.165, 1.54) is 0 Å². The summed E-state index contributed by atoms with van der Waals surface area (Å²) < 4.78 is 1.97. The van der Waals surface area contributed by atoms with Crippen molar-refractivity contribution in [1.82, 2.24) is 9.55 Å². The highest BCUT2D eigenvalue weighted by Crippen LogP contribution is 2.42. The van der Waals surface area contributed by atoms with E-state index in [-0.39, 0.29) is 11.7 Å². The smallest absolute Gasteiger partial charge is 0.255 e. The van der Waals surface area contributed by atoms with Gasteiger partial charge in [0.2, 0.25) is 5.95 Å². The van der Waals surface area contributed by atoms with Crippen LogP contribution in [-0.2, 0) is 4.79 Å². The van der Waals surface area contributed by atoms with Crippen molar-refractivity contribution in [3.63, 3.8) is 0 Å². The van der Waals surface area contributed by atoms with E-state index < -0.39 is 6.04 Å². The Hall–Kier alpha value is -4.06. The summed E-state index contributed by atoms with van der Waals surface area (Å²) in [5.41, 5.74) is 5.40. The summed E-state index contributed by atoms with van der Waals surface area (Å²) in [7, 11) is 0. The highest BCUT2D eigenvalue weighted by Gasteiger charge is 2.35. The molecule has 0 unspecified atom stereocenters. The average molecular weight is 410 g/mol. The van der Waals surface area contributed by atoms with Gasteiger partial charge in [0.05, 0.1) is 22.6 Å². The zero-order valence-electron chi connectivity index (χ0n) is 17.3. The SMILES string of the molecule is CC1=C(C(=O)Nc2ccc(C)cc2)[C@H](c2ccccc2O)n2c(nc3ccccc32)N1. The van der Waals surface area contributed by atoms with E-state index in [1.807, 2.05) is 79.1 Å². The molecular weight excluding hydrogens is 388 g/mol. The van der Waals surface area contributed by atoms with E-state index in [4.69, 9.17) is 4.98 Å². The first-order valence-corrected chi connectivity index (χ1v) is 10.1. The van der Waals surface area contributed by atoms with Gasteiger partial charge in [-0.05, 0) is 44.2 Å². The van der Waals surface area contributed by atoms with Crippen LogP contribution in [0.3, 0.4) is 0 Å². The summed E-state index contributed by atoms with van der Waals surface area (Å²) in [6.07, 6.45) is 0. The largest absolute Gasteiger partial charge is 0.508 e. The van der Waals surface area contributed by atoms with E-state index in [9.17, 15) is 9.90 Å². The maximum absolute atomic E-state index is 13.5. The molecule has 0 radical (unpaired) electrons. The molecule has 1 aromatic heterocycles. The lowest BCUT2D eigenvalue weighted by atomic mass is 9.93. The van der Waals surface area contributed by atoms with Crippen molar-refractivity contribution in [1.29, 1.82) is 0 Å². The number of phenols is 1. The number of carbonyl (C=O) groups excluding carboxylic acids is 1. The molecule has 5 rings (SSSR count). The second kappa shape index (κ2) is 7.32. The second-order valence-electron chi connectivity index (χ2n) is 7.74. The molecule has 0 aliphatic carbocycles. The van der Waals surface area contributed by atoms with E-state index in [1.54, 1.807) is 12.1 Å². The molecule has 1 amide bonds. The fraction of sp³-hybridized carbons (Fsp3) is 0.120. The van der Waals surface area contributed by atoms with E-state index in [0.717, 1.165) is 16.6 Å². The molecule has 31 heavy (non-hydrogen) atoms. The van der Waals surface area contributed by atoms with Crippen molar-refractivity contribution in [2.45, 2.75) is 19.9 Å². The van der Waals surface area contributed by atoms with Gasteiger partial charge in [-0.3, -0.25) is 9.36 Å². The molecule has 0 saturated carbocycles. The third-order valence-electron chi connectivity index (χ3n) is 5.62. The Morgan fingerprint density at radius 2 is 1.71 bits per heavy atom. The van der Waals surface area contributed by atoms with Gasteiger partial charge in [-0.1, -0.05) is 48.0 Å². The number of amides is 1. The molecule has 6 nitrogen and oxygen atoms in total. The van der Waals surface area contributed by atoms with Crippen LogP contribution in [0.5, 0.6) is 5.75 Å². The zero-order valence-corrected chi connectivity index (χ0v) is 17.3. The van der Waals surface area contributed by atoms with Crippen LogP contribution in [-0.4, -0.2) is 20.6 Å². The Balaban J connectivity index is 1.67. The standard InChI is InChI=1S/C25H22N4O2/c1-15-11-13-17(14-12-15)27-24(31)22-16(2)26-25-28-19-8-4-5-9-20(19)29(25)23(22)18-7-3-6-10-21(18)30/h3-14,23,30H,1-2H3,(H,26,28)(H,27,31)/t23-/m0/s1. The van der Waals surface area contributed by atoms with Gasteiger partial charge in [0.1, 0.15) is 5.75 Å². The average Bonchev–Trinajstić information content (AvgIpc) is 3.12. The number of aromatic nitrogens is 2. The number of nitrogens with zero attached hydrogens (tertiary/aromatic N) is 2. The Morgan fingerprint density at radius 1 is 1.00 bits per heavy atom. The lowest BCUT2D eigenvalue weighted by Crippen LogP contribution is -2.31. The summed E-state index contributed by atoms with van der Waals surface area (Å²) >= 11 is 0. The number of phenolic OH excluding ortho intramolecular Hbond substituents is 1. The molecule has 3 N–H and O–H groups in total. The van der Waals surface area contributed by atoms with Crippen LogP contribution in [0.2, 0.25) is 0 Å². The van der Waals surface area contributed by atoms with Crippen LogP contribution in [0.4, 0.5) is 11.6 Å². The van der Waals surface area contributed by atoms with Crippen molar-refractivity contribution >= 4 is 28.6 Å². The molecule has 0 fully saturated rings. The summed E-state index contributed by atoms with van der Waals surface area (Å²) in [6, 6.07) is 22.0. The lowest BCUT2D eigenvalue weighted by Gasteiger charge is -2.31. The van der Waals surface area contributed by atoms with Crippen LogP contribution < -0.4 is 10.6 Å². The van der Waals surface area contributed by atoms with Crippen LogP contribution >= 0.6 is 0 Å². The number of aryl methyl sites for hydroxylation is 1. The van der Waals surface area contributed by atoms with Gasteiger partial charge in [0.15, 0.2) is 0 Å². The molecule has 1 atom stereocenters. The molecule has 6 heteroatoms. The number of nitrogens with one attached hydrogen (secondary N) is 2. The number of rotatable bonds is 3. The monoisotopic (exact) mass is 410 g/mol. The minimum absolute atomic E-state index is 0.131. The maximum Gasteiger partial charge on any atom is 0.255 e. The quantitative estimate of drug-likeness (QED) is 0.445. The van der Waals surface area contributed by atoms with Crippen molar-refractivity contribution in [3.8, 4) is 5.75 Å². The van der Waals surface area contributed by atoms with E-state index in [0.29, 0.717) is 28.5 Å². The molecule has 2 heterocycles. The number of fused-ring (bicyclic) bond motifs is 3. The Morgan fingerprint density at radius 3 is 2.48 bits per heavy atom. The lowest BCUT2D eigenvalue weighted by molar-refractivity contribution is -0.113. The van der Waals surface area contributed by atoms with Crippen molar-refractivity contribution < 1.29 is 9.90 Å². The van der Waals surface area contributed by atoms with Crippen LogP contribution in [0, 0.1) is 6.92 Å². The summed E-state index contributed by atoms with van der Waals surface area (Å²) in [4.78, 5) is 18.2. The number of anilines is 2. The highest BCUT2D eigenvalue weighted by atomic mass is 16.3. The van der Waals surface area contributed by atoms with Gasteiger partial charge in [-0.2, -0.15) is 0 Å². The van der Waals surface area contributed by atoms with Gasteiger partial charge < -0.3 is 15.7 Å². The number of carbonyl (C=O) groups is 1. The molecular formula is C25H22N4O2. The molecule has 154 valence electrons. The first-order valence-electron chi connectivity index (χ1n) is 10.1. The number of aromatic hydroxyl groups is 1. The van der Waals surface area contributed by atoms with E-state index in [2.05, 4.69) is 10.6 Å². The third-order valence-corrected chi connectivity index (χ3v) is 5.62. The first kappa shape index (κ1) is 18.9. The number of benzene rings is 3. The summed E-state index contributed by atoms with van der Waals surface area (Å²) in [5.74, 6) is 0.538. The number of hydrogen-bond donors (Lipinski definition) is 3. The first-order chi connectivity index (χ1) is 15.0. The number of hydrogen-bond acceptors (Lipinski definition) is 4. The Kier molecular flexibility index (Phi) is 4.47. The molecule has 3 aromatic carbocycles. The highest BCUT2D eigenvalue weighted by molar-refractivity contribution is 6.06. The summed E-state index contributed by atoms with van der Waals surface area (Å²) in [5, 5.41) is 17.0. The fourth-order valence-corrected chi connectivity index (χ4v) is 4.11. The predicted molar refractivity (Wildman–Crippen MR) is 122 cm³/mol. The minimum atomic E-state index is -0.532. The number of imidazole rings is 1. The normalized spacial score (nSPS) is 15.5. The van der Waals surface area contributed by atoms with Gasteiger partial charge in [0, 0.05) is 16.9 Å². The van der Waals surface area contributed by atoms with E-state index >= 15 is 0 Å². The third kappa shape index (κ3) is 3.22. The number of allylic oxidation sites excluding steroid dienone is 1. The zero-order chi connectivity index (χ0) is 21.5. The molecule has 0 bridgehead atoms. The molecule has 1 aliphatic rings. The molecule has 4 aromatic rings. The molecule has 0 saturated heterocycles. The van der Waals surface area contributed by atoms with Gasteiger partial charge in [-0.25, -0.2) is 4.98 Å². The fourth-order valence-electron chi connectivity index (χ4n) is 4.11. The van der Waals surface area contributed by atoms with Crippen LogP contribution in [0.25, 0.3) is 11.0 Å². The Labute approximate surface area is 179 Å². The van der Waals surface area contributed by atoms with Crippen LogP contribution in [0.15, 0.2) is 84.1 Å². The molecule has 0 spiro atoms. The number of para-hydroxylation sites is 3. The van der Waals surface area contributed by atoms with Crippen molar-refractivity contribution in [3.05, 3.63) is 95.2 Å². The molecule has 1 aliphatic heterocycles. The minimum Gasteiger partial charge on any atom is -0.508 e. The second-order valence-corrected chi connectivity index (χ2v) is 7.74. The predicted octanol–water partition coefficient (Wildman–Crippen LogP) is 4.98. The topological polar surface area (TPSA) is 79.2 Å². The van der Waals surface area contributed by atoms with Crippen LogP contribution in [0.1, 0.15) is 24.1 Å². The van der Waals surface area contributed by atoms with Crippen molar-refractivity contribution in [2.75, 3.05) is 10.6 Å². The van der Waals surface area contributed by atoms with Gasteiger partial charge >= 0.3 is 0 Å². The Bertz CT molecular complexity index is 1340. The maximum atomic E-state index is 13.5. The summed E-state index contributed by atoms with van der Waals surface area (Å²) in [6.45, 7) is 3.86. The van der Waals surface area contributed by atoms with Crippen molar-refractivity contribution in [2.24, 2.45) is 0 Å².